The Morgan fingerprint density at radius 3 is 2.48 bits per heavy atom. The number of halogens is 1. The van der Waals surface area contributed by atoms with Gasteiger partial charge in [-0.3, -0.25) is 9.59 Å². The third-order valence-corrected chi connectivity index (χ3v) is 9.40. The molecule has 46 heavy (non-hydrogen) atoms. The Labute approximate surface area is 274 Å². The SMILES string of the molecule is CN(CCOCCOCCCCCCCl)C(=O)c1ccc2c(c1)C1(C(=[N+]=[N-])C2=O)c2ccccc2Oc2cccc(N3CCC3)c21. The molecule has 2 heterocycles. The summed E-state index contributed by atoms with van der Waals surface area (Å²) in [5.74, 6) is 1.28. The highest BCUT2D eigenvalue weighted by Gasteiger charge is 2.63. The average molecular weight is 643 g/mol. The summed E-state index contributed by atoms with van der Waals surface area (Å²) >= 11 is 5.71. The maximum absolute atomic E-state index is 14.0. The van der Waals surface area contributed by atoms with Crippen LogP contribution in [-0.2, 0) is 14.9 Å². The second kappa shape index (κ2) is 14.2. The highest BCUT2D eigenvalue weighted by atomic mass is 35.5. The summed E-state index contributed by atoms with van der Waals surface area (Å²) in [4.78, 5) is 35.2. The summed E-state index contributed by atoms with van der Waals surface area (Å²) in [6.07, 6.45) is 5.34. The number of hydrogen-bond donors (Lipinski definition) is 0. The van der Waals surface area contributed by atoms with Gasteiger partial charge in [0, 0.05) is 67.1 Å². The van der Waals surface area contributed by atoms with Gasteiger partial charge in [-0.1, -0.05) is 37.1 Å². The fourth-order valence-electron chi connectivity index (χ4n) is 6.68. The van der Waals surface area contributed by atoms with Gasteiger partial charge in [-0.15, -0.1) is 11.6 Å². The van der Waals surface area contributed by atoms with Crippen LogP contribution in [0.25, 0.3) is 5.53 Å². The summed E-state index contributed by atoms with van der Waals surface area (Å²) in [5.41, 5.74) is 13.0. The van der Waals surface area contributed by atoms with Crippen molar-refractivity contribution in [1.82, 2.24) is 4.90 Å². The summed E-state index contributed by atoms with van der Waals surface area (Å²) < 4.78 is 17.8. The topological polar surface area (TPSA) is 105 Å². The minimum absolute atomic E-state index is 0.00342. The lowest BCUT2D eigenvalue weighted by atomic mass is 9.66. The van der Waals surface area contributed by atoms with E-state index in [0.717, 1.165) is 56.4 Å². The van der Waals surface area contributed by atoms with Crippen LogP contribution < -0.4 is 9.64 Å². The van der Waals surface area contributed by atoms with Gasteiger partial charge in [0.05, 0.1) is 19.8 Å². The number of amides is 1. The molecule has 1 saturated heterocycles. The number of nitrogens with zero attached hydrogens (tertiary/aromatic N) is 4. The molecule has 1 unspecified atom stereocenters. The highest BCUT2D eigenvalue weighted by molar-refractivity contribution is 6.52. The Morgan fingerprint density at radius 1 is 0.957 bits per heavy atom. The van der Waals surface area contributed by atoms with Gasteiger partial charge in [0.25, 0.3) is 11.7 Å². The quantitative estimate of drug-likeness (QED) is 0.0910. The number of para-hydroxylation sites is 1. The first kappa shape index (κ1) is 32.0. The van der Waals surface area contributed by atoms with E-state index in [1.165, 1.54) is 0 Å². The molecule has 0 radical (unpaired) electrons. The number of carbonyl (C=O) groups is 2. The molecule has 0 bridgehead atoms. The van der Waals surface area contributed by atoms with Crippen molar-refractivity contribution in [2.45, 2.75) is 37.5 Å². The third-order valence-electron chi connectivity index (χ3n) is 9.13. The van der Waals surface area contributed by atoms with Crippen LogP contribution in [0.4, 0.5) is 5.69 Å². The second-order valence-corrected chi connectivity index (χ2v) is 12.3. The van der Waals surface area contributed by atoms with E-state index in [4.69, 9.17) is 25.8 Å². The molecular weight excluding hydrogens is 604 g/mol. The number of ether oxygens (including phenoxy) is 3. The first-order valence-electron chi connectivity index (χ1n) is 16.1. The molecule has 3 aliphatic rings. The van der Waals surface area contributed by atoms with Gasteiger partial charge in [0.2, 0.25) is 0 Å². The van der Waals surface area contributed by atoms with Crippen LogP contribution >= 0.6 is 11.6 Å². The molecule has 3 aromatic carbocycles. The number of hydrogen-bond acceptors (Lipinski definition) is 6. The fourth-order valence-corrected chi connectivity index (χ4v) is 6.86. The number of fused-ring (bicyclic) bond motifs is 6. The molecular formula is C36H39ClN4O5. The predicted molar refractivity (Wildman–Crippen MR) is 177 cm³/mol. The lowest BCUT2D eigenvalue weighted by Gasteiger charge is -2.41. The van der Waals surface area contributed by atoms with Crippen LogP contribution in [0.3, 0.4) is 0 Å². The van der Waals surface area contributed by atoms with Crippen LogP contribution in [-0.4, -0.2) is 86.1 Å². The maximum atomic E-state index is 14.0. The van der Waals surface area contributed by atoms with E-state index in [-0.39, 0.29) is 17.4 Å². The van der Waals surface area contributed by atoms with Gasteiger partial charge in [-0.25, -0.2) is 0 Å². The van der Waals surface area contributed by atoms with Crippen LogP contribution in [0.2, 0.25) is 0 Å². The molecule has 1 amide bonds. The van der Waals surface area contributed by atoms with E-state index in [1.807, 2.05) is 42.5 Å². The summed E-state index contributed by atoms with van der Waals surface area (Å²) in [6.45, 7) is 4.16. The van der Waals surface area contributed by atoms with E-state index in [1.54, 1.807) is 30.1 Å². The van der Waals surface area contributed by atoms with Crippen molar-refractivity contribution in [2.24, 2.45) is 0 Å². The number of carbonyl (C=O) groups excluding carboxylic acids is 2. The van der Waals surface area contributed by atoms with Crippen molar-refractivity contribution in [1.29, 1.82) is 0 Å². The van der Waals surface area contributed by atoms with Crippen LogP contribution in [0.1, 0.15) is 69.5 Å². The molecule has 0 N–H and O–H groups in total. The molecule has 3 aromatic rings. The van der Waals surface area contributed by atoms with Gasteiger partial charge in [0.1, 0.15) is 11.5 Å². The summed E-state index contributed by atoms with van der Waals surface area (Å²) in [5, 5.41) is 0. The van der Waals surface area contributed by atoms with E-state index in [0.29, 0.717) is 72.6 Å². The van der Waals surface area contributed by atoms with E-state index in [9.17, 15) is 15.1 Å². The van der Waals surface area contributed by atoms with Gasteiger partial charge in [-0.2, -0.15) is 4.79 Å². The number of ketones is 1. The number of rotatable bonds is 14. The molecule has 1 fully saturated rings. The van der Waals surface area contributed by atoms with Crippen molar-refractivity contribution >= 4 is 34.7 Å². The Kier molecular flexibility index (Phi) is 9.85. The zero-order valence-corrected chi connectivity index (χ0v) is 26.9. The van der Waals surface area contributed by atoms with Crippen molar-refractivity contribution in [3.63, 3.8) is 0 Å². The van der Waals surface area contributed by atoms with Crippen molar-refractivity contribution in [3.05, 3.63) is 94.0 Å². The maximum Gasteiger partial charge on any atom is 0.358 e. The molecule has 9 nitrogen and oxygen atoms in total. The molecule has 240 valence electrons. The number of anilines is 1. The van der Waals surface area contributed by atoms with E-state index < -0.39 is 5.41 Å². The zero-order chi connectivity index (χ0) is 32.1. The molecule has 6 rings (SSSR count). The average Bonchev–Trinajstić information content (AvgIpc) is 3.29. The third kappa shape index (κ3) is 5.73. The highest BCUT2D eigenvalue weighted by Crippen LogP contribution is 2.58. The largest absolute Gasteiger partial charge is 0.457 e. The zero-order valence-electron chi connectivity index (χ0n) is 26.2. The minimum atomic E-state index is -1.26. The standard InChI is InChI=1S/C36H39ClN4O5/c1-40(19-21-45-23-22-44-20-7-3-2-6-16-37)35(43)25-14-15-26-28(24-25)36(34(39-38)33(26)42)27-10-4-5-12-30(27)46-31-13-8-11-29(32(31)36)41-17-9-18-41/h4-5,8,10-15,24H,2-3,6-7,9,16-23H2,1H3. The summed E-state index contributed by atoms with van der Waals surface area (Å²) in [7, 11) is 1.73. The molecule has 1 spiro atoms. The number of unbranched alkanes of at least 4 members (excludes halogenated alkanes) is 3. The Balaban J connectivity index is 1.25. The fraction of sp³-hybridized carbons (Fsp3) is 0.417. The summed E-state index contributed by atoms with van der Waals surface area (Å²) in [6, 6.07) is 18.5. The van der Waals surface area contributed by atoms with E-state index in [2.05, 4.69) is 9.69 Å². The number of alkyl halides is 1. The van der Waals surface area contributed by atoms with Crippen molar-refractivity contribution in [3.8, 4) is 11.5 Å². The van der Waals surface area contributed by atoms with Gasteiger partial charge in [0.15, 0.2) is 5.41 Å². The lowest BCUT2D eigenvalue weighted by Crippen LogP contribution is -2.44. The van der Waals surface area contributed by atoms with Gasteiger partial charge < -0.3 is 29.5 Å². The predicted octanol–water partition coefficient (Wildman–Crippen LogP) is 6.11. The lowest BCUT2D eigenvalue weighted by molar-refractivity contribution is -0.0118. The molecule has 0 aromatic heterocycles. The first-order valence-corrected chi connectivity index (χ1v) is 16.6. The second-order valence-electron chi connectivity index (χ2n) is 11.9. The molecule has 1 aliphatic carbocycles. The number of likely N-dealkylation sites (N-methyl/N-ethyl adjacent to an activating group) is 1. The van der Waals surface area contributed by atoms with Gasteiger partial charge >= 0.3 is 5.71 Å². The Hall–Kier alpha value is -4.01. The Morgan fingerprint density at radius 2 is 1.72 bits per heavy atom. The smallest absolute Gasteiger partial charge is 0.358 e. The van der Waals surface area contributed by atoms with Crippen LogP contribution in [0, 0.1) is 0 Å². The van der Waals surface area contributed by atoms with Crippen molar-refractivity contribution in [2.75, 3.05) is 63.9 Å². The molecule has 2 aliphatic heterocycles. The monoisotopic (exact) mass is 642 g/mol. The van der Waals surface area contributed by atoms with Gasteiger partial charge in [-0.05, 0) is 61.2 Å². The van der Waals surface area contributed by atoms with Crippen LogP contribution in [0.5, 0.6) is 11.5 Å². The molecule has 1 atom stereocenters. The first-order chi connectivity index (χ1) is 22.5. The number of benzene rings is 3. The Bertz CT molecular complexity index is 1670. The van der Waals surface area contributed by atoms with Crippen LogP contribution in [0.15, 0.2) is 60.7 Å². The van der Waals surface area contributed by atoms with Crippen molar-refractivity contribution < 1.29 is 28.6 Å². The minimum Gasteiger partial charge on any atom is -0.457 e. The normalized spacial score (nSPS) is 17.6. The van der Waals surface area contributed by atoms with E-state index >= 15 is 0 Å². The molecule has 10 heteroatoms. The number of Topliss-reactive ketones (excluding diaryl/α,β-unsaturated/α-hetero) is 1. The molecule has 0 saturated carbocycles.